The molecule has 0 bridgehead atoms. The summed E-state index contributed by atoms with van der Waals surface area (Å²) in [5.41, 5.74) is 2.99. The second kappa shape index (κ2) is 9.76. The van der Waals surface area contributed by atoms with Crippen LogP contribution in [0.4, 0.5) is 10.5 Å². The van der Waals surface area contributed by atoms with E-state index in [9.17, 15) is 9.59 Å². The van der Waals surface area contributed by atoms with Gasteiger partial charge in [0.25, 0.3) is 0 Å². The number of nitrogens with one attached hydrogen (secondary N) is 1. The third-order valence-corrected chi connectivity index (χ3v) is 5.81. The number of esters is 1. The van der Waals surface area contributed by atoms with Crippen molar-refractivity contribution in [3.8, 4) is 5.69 Å². The van der Waals surface area contributed by atoms with Gasteiger partial charge in [0.1, 0.15) is 0 Å². The van der Waals surface area contributed by atoms with E-state index in [0.717, 1.165) is 25.3 Å². The maximum Gasteiger partial charge on any atom is 0.358 e. The second-order valence-electron chi connectivity index (χ2n) is 7.24. The minimum Gasteiger partial charge on any atom is -0.461 e. The molecule has 2 aromatic heterocycles. The van der Waals surface area contributed by atoms with Crippen LogP contribution in [0.1, 0.15) is 23.0 Å². The summed E-state index contributed by atoms with van der Waals surface area (Å²) in [6, 6.07) is 11.0. The number of benzene rings is 1. The lowest BCUT2D eigenvalue weighted by Gasteiger charge is -2.34. The molecule has 1 saturated heterocycles. The Bertz CT molecular complexity index is 1030. The number of thiophene rings is 1. The Labute approximate surface area is 185 Å². The van der Waals surface area contributed by atoms with Gasteiger partial charge in [-0.1, -0.05) is 6.07 Å². The van der Waals surface area contributed by atoms with E-state index in [1.54, 1.807) is 35.2 Å². The molecule has 0 atom stereocenters. The van der Waals surface area contributed by atoms with Gasteiger partial charge in [0.2, 0.25) is 0 Å². The Balaban J connectivity index is 1.34. The Hall–Kier alpha value is -3.17. The molecule has 3 aromatic rings. The molecular formula is C22H25N5O3S. The average Bonchev–Trinajstić information content (AvgIpc) is 3.47. The first-order valence-electron chi connectivity index (χ1n) is 10.2. The van der Waals surface area contributed by atoms with Gasteiger partial charge in [-0.3, -0.25) is 4.90 Å². The van der Waals surface area contributed by atoms with Crippen molar-refractivity contribution in [1.82, 2.24) is 19.6 Å². The quantitative estimate of drug-likeness (QED) is 0.595. The number of ether oxygens (including phenoxy) is 1. The number of piperazine rings is 1. The molecule has 0 spiro atoms. The van der Waals surface area contributed by atoms with E-state index in [2.05, 4.69) is 32.1 Å². The van der Waals surface area contributed by atoms with Crippen LogP contribution in [0.3, 0.4) is 0 Å². The van der Waals surface area contributed by atoms with Crippen LogP contribution in [0.2, 0.25) is 0 Å². The Morgan fingerprint density at radius 3 is 2.74 bits per heavy atom. The molecule has 9 heteroatoms. The molecule has 1 N–H and O–H groups in total. The summed E-state index contributed by atoms with van der Waals surface area (Å²) in [4.78, 5) is 28.7. The lowest BCUT2D eigenvalue weighted by molar-refractivity contribution is 0.0519. The molecule has 2 amide bonds. The summed E-state index contributed by atoms with van der Waals surface area (Å²) in [5.74, 6) is -0.455. The predicted octanol–water partition coefficient (Wildman–Crippen LogP) is 3.46. The maximum absolute atomic E-state index is 12.7. The molecule has 8 nitrogen and oxygen atoms in total. The molecule has 4 rings (SSSR count). The fourth-order valence-corrected chi connectivity index (χ4v) is 4.12. The lowest BCUT2D eigenvalue weighted by Crippen LogP contribution is -2.49. The average molecular weight is 440 g/mol. The van der Waals surface area contributed by atoms with Crippen LogP contribution in [0.5, 0.6) is 0 Å². The number of amides is 2. The molecule has 31 heavy (non-hydrogen) atoms. The van der Waals surface area contributed by atoms with Crippen molar-refractivity contribution in [2.45, 2.75) is 13.5 Å². The largest absolute Gasteiger partial charge is 0.461 e. The van der Waals surface area contributed by atoms with Crippen LogP contribution in [0, 0.1) is 0 Å². The molecule has 0 unspecified atom stereocenters. The van der Waals surface area contributed by atoms with Gasteiger partial charge in [0, 0.05) is 44.6 Å². The lowest BCUT2D eigenvalue weighted by atomic mass is 10.2. The normalized spacial score (nSPS) is 14.4. The summed E-state index contributed by atoms with van der Waals surface area (Å²) < 4.78 is 6.57. The topological polar surface area (TPSA) is 79.7 Å². The van der Waals surface area contributed by atoms with Crippen LogP contribution in [0.15, 0.2) is 53.4 Å². The van der Waals surface area contributed by atoms with Gasteiger partial charge in [0.15, 0.2) is 5.69 Å². The van der Waals surface area contributed by atoms with Crippen molar-refractivity contribution in [2.75, 3.05) is 38.1 Å². The molecule has 0 aliphatic carbocycles. The van der Waals surface area contributed by atoms with Gasteiger partial charge >= 0.3 is 12.0 Å². The van der Waals surface area contributed by atoms with Crippen molar-refractivity contribution in [3.63, 3.8) is 0 Å². The summed E-state index contributed by atoms with van der Waals surface area (Å²) in [6.07, 6.45) is 1.69. The Kier molecular flexibility index (Phi) is 6.63. The minimum absolute atomic E-state index is 0.111. The van der Waals surface area contributed by atoms with Gasteiger partial charge in [-0.05, 0) is 53.6 Å². The number of nitrogens with zero attached hydrogens (tertiary/aromatic N) is 4. The highest BCUT2D eigenvalue weighted by atomic mass is 32.1. The summed E-state index contributed by atoms with van der Waals surface area (Å²) in [7, 11) is 0. The molecule has 0 radical (unpaired) electrons. The number of rotatable bonds is 6. The molecule has 162 valence electrons. The number of carbonyl (C=O) groups is 2. The number of aromatic nitrogens is 2. The van der Waals surface area contributed by atoms with E-state index >= 15 is 0 Å². The van der Waals surface area contributed by atoms with E-state index in [0.29, 0.717) is 25.4 Å². The predicted molar refractivity (Wildman–Crippen MR) is 120 cm³/mol. The fourth-order valence-electron chi connectivity index (χ4n) is 3.46. The van der Waals surface area contributed by atoms with Gasteiger partial charge in [-0.15, -0.1) is 0 Å². The van der Waals surface area contributed by atoms with Crippen LogP contribution in [0.25, 0.3) is 5.69 Å². The van der Waals surface area contributed by atoms with Crippen LogP contribution < -0.4 is 5.32 Å². The summed E-state index contributed by atoms with van der Waals surface area (Å²) in [6.45, 7) is 6.08. The number of hydrogen-bond donors (Lipinski definition) is 1. The van der Waals surface area contributed by atoms with E-state index in [4.69, 9.17) is 4.74 Å². The second-order valence-corrected chi connectivity index (χ2v) is 8.02. The summed E-state index contributed by atoms with van der Waals surface area (Å²) in [5, 5.41) is 11.5. The zero-order valence-electron chi connectivity index (χ0n) is 17.4. The molecule has 0 saturated carbocycles. The van der Waals surface area contributed by atoms with Gasteiger partial charge in [0.05, 0.1) is 12.3 Å². The zero-order chi connectivity index (χ0) is 21.6. The van der Waals surface area contributed by atoms with Crippen molar-refractivity contribution >= 4 is 29.0 Å². The summed E-state index contributed by atoms with van der Waals surface area (Å²) >= 11 is 1.71. The zero-order valence-corrected chi connectivity index (χ0v) is 18.2. The molecule has 3 heterocycles. The minimum atomic E-state index is -0.455. The number of hydrogen-bond acceptors (Lipinski definition) is 6. The smallest absolute Gasteiger partial charge is 0.358 e. The highest BCUT2D eigenvalue weighted by molar-refractivity contribution is 7.07. The third kappa shape index (κ3) is 5.31. The molecule has 1 aliphatic heterocycles. The van der Waals surface area contributed by atoms with Crippen molar-refractivity contribution in [1.29, 1.82) is 0 Å². The standard InChI is InChI=1S/C22H25N5O3S/c1-2-30-21(28)20-6-8-27(24-20)19-5-3-4-18(14-19)23-22(29)26-11-9-25(10-12-26)15-17-7-13-31-16-17/h3-8,13-14,16H,2,9-12,15H2,1H3,(H,23,29). The van der Waals surface area contributed by atoms with Crippen LogP contribution in [-0.4, -0.2) is 64.4 Å². The number of urea groups is 1. The number of anilines is 1. The van der Waals surface area contributed by atoms with E-state index < -0.39 is 5.97 Å². The third-order valence-electron chi connectivity index (χ3n) is 5.08. The first-order valence-corrected chi connectivity index (χ1v) is 11.2. The van der Waals surface area contributed by atoms with Gasteiger partial charge < -0.3 is 15.0 Å². The molecule has 1 aliphatic rings. The van der Waals surface area contributed by atoms with Gasteiger partial charge in [-0.25, -0.2) is 14.3 Å². The molecule has 1 fully saturated rings. The molecule has 1 aromatic carbocycles. The Morgan fingerprint density at radius 2 is 2.00 bits per heavy atom. The molecular weight excluding hydrogens is 414 g/mol. The number of carbonyl (C=O) groups excluding carboxylic acids is 2. The van der Waals surface area contributed by atoms with Crippen LogP contribution >= 0.6 is 11.3 Å². The first-order chi connectivity index (χ1) is 15.1. The van der Waals surface area contributed by atoms with Crippen molar-refractivity contribution in [3.05, 3.63) is 64.6 Å². The Morgan fingerprint density at radius 1 is 1.16 bits per heavy atom. The maximum atomic E-state index is 12.7. The fraction of sp³-hybridized carbons (Fsp3) is 0.318. The van der Waals surface area contributed by atoms with Crippen LogP contribution in [-0.2, 0) is 11.3 Å². The highest BCUT2D eigenvalue weighted by Crippen LogP contribution is 2.17. The van der Waals surface area contributed by atoms with E-state index in [-0.39, 0.29) is 11.7 Å². The van der Waals surface area contributed by atoms with Gasteiger partial charge in [-0.2, -0.15) is 16.4 Å². The van der Waals surface area contributed by atoms with E-state index in [1.165, 1.54) is 5.56 Å². The van der Waals surface area contributed by atoms with E-state index in [1.807, 2.05) is 29.2 Å². The van der Waals surface area contributed by atoms with Crippen molar-refractivity contribution in [2.24, 2.45) is 0 Å². The monoisotopic (exact) mass is 439 g/mol. The highest BCUT2D eigenvalue weighted by Gasteiger charge is 2.21. The van der Waals surface area contributed by atoms with Crippen molar-refractivity contribution < 1.29 is 14.3 Å². The SMILES string of the molecule is CCOC(=O)c1ccn(-c2cccc(NC(=O)N3CCN(Cc4ccsc4)CC3)c2)n1. The first kappa shape index (κ1) is 21.1.